The van der Waals surface area contributed by atoms with Gasteiger partial charge in [-0.2, -0.15) is 0 Å². The van der Waals surface area contributed by atoms with Crippen LogP contribution in [0.1, 0.15) is 23.1 Å². The van der Waals surface area contributed by atoms with Crippen molar-refractivity contribution in [3.05, 3.63) is 56.9 Å². The summed E-state index contributed by atoms with van der Waals surface area (Å²) >= 11 is 9.72. The van der Waals surface area contributed by atoms with Crippen LogP contribution in [0.15, 0.2) is 39.2 Å². The lowest BCUT2D eigenvalue weighted by Crippen LogP contribution is -2.17. The van der Waals surface area contributed by atoms with Gasteiger partial charge in [-0.05, 0) is 42.9 Å². The molecule has 0 amide bonds. The zero-order valence-corrected chi connectivity index (χ0v) is 13.1. The third-order valence-electron chi connectivity index (χ3n) is 2.81. The van der Waals surface area contributed by atoms with E-state index in [1.807, 2.05) is 37.4 Å². The van der Waals surface area contributed by atoms with Crippen LogP contribution in [-0.4, -0.2) is 14.2 Å². The Balaban J connectivity index is 2.35. The molecule has 5 heteroatoms. The largest absolute Gasteiger partial charge is 0.462 e. The normalized spacial score (nSPS) is 12.6. The van der Waals surface area contributed by atoms with Crippen LogP contribution in [0.2, 0.25) is 5.02 Å². The molecule has 0 aliphatic heterocycles. The lowest BCUT2D eigenvalue weighted by atomic mass is 10.0. The lowest BCUT2D eigenvalue weighted by molar-refractivity contribution is 0.162. The van der Waals surface area contributed by atoms with Gasteiger partial charge in [-0.1, -0.05) is 27.5 Å². The molecule has 0 radical (unpaired) electrons. The van der Waals surface area contributed by atoms with Gasteiger partial charge in [0.2, 0.25) is 0 Å². The summed E-state index contributed by atoms with van der Waals surface area (Å²) in [4.78, 5) is 0. The van der Waals surface area contributed by atoms with Crippen LogP contribution in [0.3, 0.4) is 0 Å². The van der Waals surface area contributed by atoms with Crippen LogP contribution in [0.4, 0.5) is 0 Å². The third kappa shape index (κ3) is 3.39. The minimum atomic E-state index is -0.0874. The Labute approximate surface area is 126 Å². The molecule has 0 aliphatic rings. The highest BCUT2D eigenvalue weighted by Gasteiger charge is 2.19. The Kier molecular flexibility index (Phi) is 5.05. The highest BCUT2D eigenvalue weighted by molar-refractivity contribution is 9.10. The molecule has 1 atom stereocenters. The van der Waals surface area contributed by atoms with E-state index in [2.05, 4.69) is 21.2 Å². The van der Waals surface area contributed by atoms with E-state index >= 15 is 0 Å². The predicted molar refractivity (Wildman–Crippen MR) is 79.5 cm³/mol. The summed E-state index contributed by atoms with van der Waals surface area (Å²) in [5, 5.41) is 3.92. The van der Waals surface area contributed by atoms with Crippen LogP contribution < -0.4 is 5.32 Å². The number of hydrogen-bond donors (Lipinski definition) is 1. The predicted octanol–water partition coefficient (Wildman–Crippen LogP) is 4.15. The molecule has 0 spiro atoms. The van der Waals surface area contributed by atoms with Gasteiger partial charge in [0.05, 0.1) is 6.04 Å². The fourth-order valence-electron chi connectivity index (χ4n) is 1.96. The van der Waals surface area contributed by atoms with Crippen molar-refractivity contribution in [1.82, 2.24) is 5.32 Å². The maximum absolute atomic E-state index is 6.26. The van der Waals surface area contributed by atoms with Crippen molar-refractivity contribution in [3.63, 3.8) is 0 Å². The molecule has 0 fully saturated rings. The summed E-state index contributed by atoms with van der Waals surface area (Å²) in [6, 6.07) is 9.53. The standard InChI is InChI=1S/C14H15BrClNO2/c1-17-14(11-7-9(15)3-5-12(11)16)13-6-4-10(19-13)8-18-2/h3-7,14,17H,8H2,1-2H3. The van der Waals surface area contributed by atoms with Crippen LogP contribution in [-0.2, 0) is 11.3 Å². The van der Waals surface area contributed by atoms with E-state index in [1.54, 1.807) is 7.11 Å². The van der Waals surface area contributed by atoms with Gasteiger partial charge in [-0.15, -0.1) is 0 Å². The van der Waals surface area contributed by atoms with E-state index in [0.29, 0.717) is 11.6 Å². The summed E-state index contributed by atoms with van der Waals surface area (Å²) in [6.45, 7) is 0.461. The first-order valence-electron chi connectivity index (χ1n) is 5.85. The van der Waals surface area contributed by atoms with Gasteiger partial charge in [0.1, 0.15) is 18.1 Å². The molecule has 0 bridgehead atoms. The van der Waals surface area contributed by atoms with Gasteiger partial charge in [-0.25, -0.2) is 0 Å². The van der Waals surface area contributed by atoms with Gasteiger partial charge >= 0.3 is 0 Å². The third-order valence-corrected chi connectivity index (χ3v) is 3.65. The number of ether oxygens (including phenoxy) is 1. The molecule has 0 aliphatic carbocycles. The average molecular weight is 345 g/mol. The molecule has 2 aromatic rings. The van der Waals surface area contributed by atoms with E-state index in [4.69, 9.17) is 20.8 Å². The van der Waals surface area contributed by atoms with Crippen LogP contribution in [0.25, 0.3) is 0 Å². The number of rotatable bonds is 5. The van der Waals surface area contributed by atoms with Crippen LogP contribution >= 0.6 is 27.5 Å². The molecule has 1 aromatic carbocycles. The second-order valence-electron chi connectivity index (χ2n) is 4.12. The molecule has 102 valence electrons. The summed E-state index contributed by atoms with van der Waals surface area (Å²) in [7, 11) is 3.52. The Morgan fingerprint density at radius 3 is 2.84 bits per heavy atom. The molecule has 3 nitrogen and oxygen atoms in total. The summed E-state index contributed by atoms with van der Waals surface area (Å²) in [5.41, 5.74) is 0.969. The number of benzene rings is 1. The first-order chi connectivity index (χ1) is 9.15. The SMILES string of the molecule is CNC(c1ccc(COC)o1)c1cc(Br)ccc1Cl. The quantitative estimate of drug-likeness (QED) is 0.885. The van der Waals surface area contributed by atoms with Crippen molar-refractivity contribution in [2.75, 3.05) is 14.2 Å². The topological polar surface area (TPSA) is 34.4 Å². The first-order valence-corrected chi connectivity index (χ1v) is 7.02. The van der Waals surface area contributed by atoms with E-state index < -0.39 is 0 Å². The second kappa shape index (κ2) is 6.57. The highest BCUT2D eigenvalue weighted by Crippen LogP contribution is 2.31. The molecule has 1 heterocycles. The molecule has 1 N–H and O–H groups in total. The zero-order valence-electron chi connectivity index (χ0n) is 10.7. The number of furan rings is 1. The van der Waals surface area contributed by atoms with Gasteiger partial charge in [0, 0.05) is 16.6 Å². The monoisotopic (exact) mass is 343 g/mol. The Hall–Kier alpha value is -0.810. The van der Waals surface area contributed by atoms with E-state index in [-0.39, 0.29) is 6.04 Å². The fraction of sp³-hybridized carbons (Fsp3) is 0.286. The van der Waals surface area contributed by atoms with Crippen molar-refractivity contribution in [3.8, 4) is 0 Å². The summed E-state index contributed by atoms with van der Waals surface area (Å²) in [6.07, 6.45) is 0. The second-order valence-corrected chi connectivity index (χ2v) is 5.45. The summed E-state index contributed by atoms with van der Waals surface area (Å²) < 4.78 is 11.8. The first kappa shape index (κ1) is 14.6. The van der Waals surface area contributed by atoms with Crippen molar-refractivity contribution in [1.29, 1.82) is 0 Å². The van der Waals surface area contributed by atoms with E-state index in [1.165, 1.54) is 0 Å². The Bertz CT molecular complexity index is 556. The number of hydrogen-bond acceptors (Lipinski definition) is 3. The lowest BCUT2D eigenvalue weighted by Gasteiger charge is -2.16. The number of nitrogens with one attached hydrogen (secondary N) is 1. The maximum atomic E-state index is 6.26. The molecular formula is C14H15BrClNO2. The molecule has 0 saturated heterocycles. The van der Waals surface area contributed by atoms with Gasteiger partial charge in [-0.3, -0.25) is 0 Å². The van der Waals surface area contributed by atoms with Crippen LogP contribution in [0, 0.1) is 0 Å². The van der Waals surface area contributed by atoms with Crippen LogP contribution in [0.5, 0.6) is 0 Å². The van der Waals surface area contributed by atoms with Gasteiger partial charge < -0.3 is 14.5 Å². The molecule has 19 heavy (non-hydrogen) atoms. The van der Waals surface area contributed by atoms with Crippen molar-refractivity contribution in [2.45, 2.75) is 12.6 Å². The number of halogens is 2. The van der Waals surface area contributed by atoms with E-state index in [0.717, 1.165) is 21.6 Å². The highest BCUT2D eigenvalue weighted by atomic mass is 79.9. The Morgan fingerprint density at radius 2 is 2.16 bits per heavy atom. The molecule has 2 rings (SSSR count). The minimum Gasteiger partial charge on any atom is -0.462 e. The van der Waals surface area contributed by atoms with Gasteiger partial charge in [0.25, 0.3) is 0 Å². The number of methoxy groups -OCH3 is 1. The molecule has 1 aromatic heterocycles. The molecule has 0 saturated carbocycles. The minimum absolute atomic E-state index is 0.0874. The van der Waals surface area contributed by atoms with Crippen molar-refractivity contribution < 1.29 is 9.15 Å². The van der Waals surface area contributed by atoms with Crippen molar-refractivity contribution >= 4 is 27.5 Å². The smallest absolute Gasteiger partial charge is 0.129 e. The maximum Gasteiger partial charge on any atom is 0.129 e. The molecule has 1 unspecified atom stereocenters. The summed E-state index contributed by atoms with van der Waals surface area (Å²) in [5.74, 6) is 1.61. The van der Waals surface area contributed by atoms with E-state index in [9.17, 15) is 0 Å². The Morgan fingerprint density at radius 1 is 1.37 bits per heavy atom. The van der Waals surface area contributed by atoms with Gasteiger partial charge in [0.15, 0.2) is 0 Å². The zero-order chi connectivity index (χ0) is 13.8. The fourth-order valence-corrected chi connectivity index (χ4v) is 2.56. The van der Waals surface area contributed by atoms with Crippen molar-refractivity contribution in [2.24, 2.45) is 0 Å². The average Bonchev–Trinajstić information content (AvgIpc) is 2.83. The molecular weight excluding hydrogens is 330 g/mol.